The van der Waals surface area contributed by atoms with Crippen molar-refractivity contribution in [1.29, 1.82) is 0 Å². The summed E-state index contributed by atoms with van der Waals surface area (Å²) in [6.07, 6.45) is 5.81. The van der Waals surface area contributed by atoms with Crippen molar-refractivity contribution in [1.82, 2.24) is 15.1 Å². The molecule has 2 aromatic carbocycles. The SMILES string of the molecule is C=Cc1cccc(OCc2ccc(CN3CCCC3)cc2)c1CN(C)C1CCC(=O)NC1=C. The lowest BCUT2D eigenvalue weighted by molar-refractivity contribution is -0.121. The van der Waals surface area contributed by atoms with Gasteiger partial charge in [-0.2, -0.15) is 0 Å². The summed E-state index contributed by atoms with van der Waals surface area (Å²) in [5.41, 5.74) is 5.45. The Morgan fingerprint density at radius 3 is 2.58 bits per heavy atom. The maximum atomic E-state index is 11.7. The molecule has 0 aliphatic carbocycles. The summed E-state index contributed by atoms with van der Waals surface area (Å²) in [5, 5.41) is 2.88. The summed E-state index contributed by atoms with van der Waals surface area (Å²) >= 11 is 0. The maximum Gasteiger partial charge on any atom is 0.224 e. The van der Waals surface area contributed by atoms with E-state index in [2.05, 4.69) is 65.7 Å². The van der Waals surface area contributed by atoms with Gasteiger partial charge in [0.1, 0.15) is 12.4 Å². The average Bonchev–Trinajstić information content (AvgIpc) is 3.32. The number of carbonyl (C=O) groups is 1. The molecule has 2 aliphatic heterocycles. The van der Waals surface area contributed by atoms with Gasteiger partial charge in [-0.3, -0.25) is 14.6 Å². The molecular formula is C28H35N3O2. The van der Waals surface area contributed by atoms with Gasteiger partial charge >= 0.3 is 0 Å². The Morgan fingerprint density at radius 1 is 1.15 bits per heavy atom. The molecule has 33 heavy (non-hydrogen) atoms. The highest BCUT2D eigenvalue weighted by Crippen LogP contribution is 2.28. The Balaban J connectivity index is 1.42. The van der Waals surface area contributed by atoms with Gasteiger partial charge < -0.3 is 10.1 Å². The van der Waals surface area contributed by atoms with Crippen molar-refractivity contribution in [3.63, 3.8) is 0 Å². The second-order valence-corrected chi connectivity index (χ2v) is 9.16. The van der Waals surface area contributed by atoms with Crippen LogP contribution in [0.15, 0.2) is 61.3 Å². The highest BCUT2D eigenvalue weighted by atomic mass is 16.5. The fourth-order valence-corrected chi connectivity index (χ4v) is 4.79. The summed E-state index contributed by atoms with van der Waals surface area (Å²) in [6, 6.07) is 15.0. The Kier molecular flexibility index (Phi) is 7.63. The molecule has 2 heterocycles. The van der Waals surface area contributed by atoms with Gasteiger partial charge in [-0.05, 0) is 62.2 Å². The number of piperidine rings is 1. The molecule has 2 saturated heterocycles. The number of benzene rings is 2. The number of nitrogens with one attached hydrogen (secondary N) is 1. The van der Waals surface area contributed by atoms with Crippen molar-refractivity contribution in [2.45, 2.75) is 51.4 Å². The average molecular weight is 446 g/mol. The molecule has 1 unspecified atom stereocenters. The standard InChI is InChI=1S/C28H35N3O2/c1-4-24-8-7-9-27(25(24)19-30(3)26-14-15-28(32)29-21(26)2)33-20-23-12-10-22(11-13-23)18-31-16-5-6-17-31/h4,7-13,26H,1-2,5-6,14-20H2,3H3,(H,29,32). The van der Waals surface area contributed by atoms with E-state index in [0.29, 0.717) is 19.6 Å². The quantitative estimate of drug-likeness (QED) is 0.606. The van der Waals surface area contributed by atoms with E-state index in [1.54, 1.807) is 0 Å². The lowest BCUT2D eigenvalue weighted by Gasteiger charge is -2.33. The predicted octanol–water partition coefficient (Wildman–Crippen LogP) is 4.73. The van der Waals surface area contributed by atoms with Crippen LogP contribution in [0.25, 0.3) is 6.08 Å². The summed E-state index contributed by atoms with van der Waals surface area (Å²) < 4.78 is 6.29. The van der Waals surface area contributed by atoms with Crippen LogP contribution in [0, 0.1) is 0 Å². The van der Waals surface area contributed by atoms with E-state index in [4.69, 9.17) is 4.74 Å². The zero-order valence-corrected chi connectivity index (χ0v) is 19.7. The number of likely N-dealkylation sites (tertiary alicyclic amines) is 1. The fourth-order valence-electron chi connectivity index (χ4n) is 4.79. The third-order valence-corrected chi connectivity index (χ3v) is 6.70. The monoisotopic (exact) mass is 445 g/mol. The number of carbonyl (C=O) groups excluding carboxylic acids is 1. The van der Waals surface area contributed by atoms with E-state index in [1.807, 2.05) is 18.2 Å². The molecule has 0 saturated carbocycles. The molecule has 5 heteroatoms. The minimum atomic E-state index is 0.0478. The zero-order chi connectivity index (χ0) is 23.2. The van der Waals surface area contributed by atoms with Crippen LogP contribution in [0.3, 0.4) is 0 Å². The molecule has 4 rings (SSSR count). The van der Waals surface area contributed by atoms with Gasteiger partial charge in [-0.25, -0.2) is 0 Å². The molecule has 0 bridgehead atoms. The van der Waals surface area contributed by atoms with Crippen molar-refractivity contribution in [2.24, 2.45) is 0 Å². The van der Waals surface area contributed by atoms with Gasteiger partial charge in [0.05, 0.1) is 0 Å². The van der Waals surface area contributed by atoms with E-state index in [-0.39, 0.29) is 11.9 Å². The van der Waals surface area contributed by atoms with E-state index < -0.39 is 0 Å². The van der Waals surface area contributed by atoms with Crippen molar-refractivity contribution in [3.05, 3.63) is 83.6 Å². The summed E-state index contributed by atoms with van der Waals surface area (Å²) in [4.78, 5) is 16.4. The smallest absolute Gasteiger partial charge is 0.224 e. The number of hydrogen-bond acceptors (Lipinski definition) is 4. The molecular weight excluding hydrogens is 410 g/mol. The highest BCUT2D eigenvalue weighted by molar-refractivity contribution is 5.79. The predicted molar refractivity (Wildman–Crippen MR) is 134 cm³/mol. The first-order valence-electron chi connectivity index (χ1n) is 11.9. The molecule has 5 nitrogen and oxygen atoms in total. The van der Waals surface area contributed by atoms with Crippen LogP contribution in [0.5, 0.6) is 5.75 Å². The van der Waals surface area contributed by atoms with E-state index in [0.717, 1.165) is 41.1 Å². The zero-order valence-electron chi connectivity index (χ0n) is 19.7. The molecule has 0 aromatic heterocycles. The second kappa shape index (κ2) is 10.8. The van der Waals surface area contributed by atoms with Crippen molar-refractivity contribution in [2.75, 3.05) is 20.1 Å². The Bertz CT molecular complexity index is 993. The first kappa shape index (κ1) is 23.3. The highest BCUT2D eigenvalue weighted by Gasteiger charge is 2.26. The summed E-state index contributed by atoms with van der Waals surface area (Å²) in [6.45, 7) is 12.7. The summed E-state index contributed by atoms with van der Waals surface area (Å²) in [5.74, 6) is 0.914. The van der Waals surface area contributed by atoms with Crippen LogP contribution in [0.2, 0.25) is 0 Å². The van der Waals surface area contributed by atoms with Crippen LogP contribution in [0.4, 0.5) is 0 Å². The molecule has 0 radical (unpaired) electrons. The van der Waals surface area contributed by atoms with E-state index in [9.17, 15) is 4.79 Å². The first-order valence-corrected chi connectivity index (χ1v) is 11.9. The molecule has 0 spiro atoms. The lowest BCUT2D eigenvalue weighted by Crippen LogP contribution is -2.44. The molecule has 1 N–H and O–H groups in total. The number of ether oxygens (including phenoxy) is 1. The van der Waals surface area contributed by atoms with Gasteiger partial charge in [-0.1, -0.05) is 55.6 Å². The van der Waals surface area contributed by atoms with E-state index >= 15 is 0 Å². The maximum absolute atomic E-state index is 11.7. The van der Waals surface area contributed by atoms with Gasteiger partial charge in [0, 0.05) is 36.8 Å². The number of nitrogens with zero attached hydrogens (tertiary/aromatic N) is 2. The minimum absolute atomic E-state index is 0.0478. The molecule has 2 fully saturated rings. The van der Waals surface area contributed by atoms with Gasteiger partial charge in [-0.15, -0.1) is 0 Å². The van der Waals surface area contributed by atoms with Crippen molar-refractivity contribution < 1.29 is 9.53 Å². The molecule has 2 aliphatic rings. The number of amides is 1. The molecule has 1 atom stereocenters. The van der Waals surface area contributed by atoms with Gasteiger partial charge in [0.25, 0.3) is 0 Å². The Labute approximate surface area is 197 Å². The minimum Gasteiger partial charge on any atom is -0.489 e. The Morgan fingerprint density at radius 2 is 1.88 bits per heavy atom. The fraction of sp³-hybridized carbons (Fsp3) is 0.393. The molecule has 2 aromatic rings. The normalized spacial score (nSPS) is 19.0. The van der Waals surface area contributed by atoms with Gasteiger partial charge in [0.2, 0.25) is 5.91 Å². The van der Waals surface area contributed by atoms with E-state index in [1.165, 1.54) is 31.5 Å². The van der Waals surface area contributed by atoms with Crippen LogP contribution < -0.4 is 10.1 Å². The third kappa shape index (κ3) is 5.92. The number of rotatable bonds is 9. The third-order valence-electron chi connectivity index (χ3n) is 6.70. The number of hydrogen-bond donors (Lipinski definition) is 1. The Hall–Kier alpha value is -2.89. The number of likely N-dealkylation sites (N-methyl/N-ethyl adjacent to an activating group) is 1. The first-order chi connectivity index (χ1) is 16.0. The van der Waals surface area contributed by atoms with Crippen molar-refractivity contribution in [3.8, 4) is 5.75 Å². The lowest BCUT2D eigenvalue weighted by atomic mass is 10.00. The van der Waals surface area contributed by atoms with Gasteiger partial charge in [0.15, 0.2) is 0 Å². The largest absolute Gasteiger partial charge is 0.489 e. The topological polar surface area (TPSA) is 44.8 Å². The van der Waals surface area contributed by atoms with Crippen molar-refractivity contribution >= 4 is 12.0 Å². The second-order valence-electron chi connectivity index (χ2n) is 9.16. The molecule has 1 amide bonds. The van der Waals surface area contributed by atoms with Crippen LogP contribution >= 0.6 is 0 Å². The van der Waals surface area contributed by atoms with Crippen LogP contribution in [-0.2, 0) is 24.5 Å². The van der Waals surface area contributed by atoms with Crippen LogP contribution in [-0.4, -0.2) is 41.9 Å². The molecule has 174 valence electrons. The summed E-state index contributed by atoms with van der Waals surface area (Å²) in [7, 11) is 2.07. The van der Waals surface area contributed by atoms with Crippen LogP contribution in [0.1, 0.15) is 47.9 Å².